The molecule has 0 saturated heterocycles. The van der Waals surface area contributed by atoms with Gasteiger partial charge in [0, 0.05) is 0 Å². The van der Waals surface area contributed by atoms with E-state index in [1.807, 2.05) is 6.08 Å². The number of halogens is 5. The van der Waals surface area contributed by atoms with E-state index in [1.165, 1.54) is 51.0 Å². The maximum atomic E-state index is 13.4. The highest BCUT2D eigenvalue weighted by molar-refractivity contribution is 5.27. The molecule has 166 valence electrons. The molecule has 6 heteroatoms. The van der Waals surface area contributed by atoms with Crippen molar-refractivity contribution in [1.29, 1.82) is 0 Å². The van der Waals surface area contributed by atoms with Gasteiger partial charge in [-0.25, -0.2) is 4.39 Å². The van der Waals surface area contributed by atoms with E-state index in [1.54, 1.807) is 6.08 Å². The van der Waals surface area contributed by atoms with Crippen molar-refractivity contribution in [3.63, 3.8) is 0 Å². The van der Waals surface area contributed by atoms with Crippen LogP contribution in [0.5, 0.6) is 0 Å². The molecular weight excluding hydrogens is 387 g/mol. The van der Waals surface area contributed by atoms with Crippen LogP contribution in [0.3, 0.4) is 0 Å². The van der Waals surface area contributed by atoms with Gasteiger partial charge in [-0.2, -0.15) is 17.6 Å². The first-order valence-electron chi connectivity index (χ1n) is 11.1. The molecule has 0 aromatic rings. The molecular formula is C23H33F5O. The van der Waals surface area contributed by atoms with E-state index in [4.69, 9.17) is 0 Å². The fourth-order valence-electron chi connectivity index (χ4n) is 5.35. The lowest BCUT2D eigenvalue weighted by atomic mass is 9.68. The maximum absolute atomic E-state index is 13.4. The van der Waals surface area contributed by atoms with Crippen LogP contribution >= 0.6 is 0 Å². The Morgan fingerprint density at radius 2 is 1.52 bits per heavy atom. The van der Waals surface area contributed by atoms with Crippen LogP contribution in [-0.4, -0.2) is 24.8 Å². The van der Waals surface area contributed by atoms with Crippen molar-refractivity contribution in [2.45, 2.75) is 89.3 Å². The minimum absolute atomic E-state index is 0.116. The Hall–Kier alpha value is -0.910. The van der Waals surface area contributed by atoms with Crippen molar-refractivity contribution in [2.75, 3.05) is 6.67 Å². The van der Waals surface area contributed by atoms with Crippen LogP contribution in [0.25, 0.3) is 0 Å². The van der Waals surface area contributed by atoms with E-state index in [9.17, 15) is 22.0 Å². The molecule has 2 fully saturated rings. The summed E-state index contributed by atoms with van der Waals surface area (Å²) in [7, 11) is 0. The summed E-state index contributed by atoms with van der Waals surface area (Å²) in [4.78, 5) is 0. The molecule has 3 rings (SSSR count). The van der Waals surface area contributed by atoms with Crippen molar-refractivity contribution in [3.05, 3.63) is 23.8 Å². The normalized spacial score (nSPS) is 34.1. The first-order valence-corrected chi connectivity index (χ1v) is 11.1. The second kappa shape index (κ2) is 9.49. The van der Waals surface area contributed by atoms with E-state index in [2.05, 4.69) is 11.7 Å². The molecule has 29 heavy (non-hydrogen) atoms. The monoisotopic (exact) mass is 420 g/mol. The molecule has 0 spiro atoms. The molecule has 0 bridgehead atoms. The van der Waals surface area contributed by atoms with Crippen LogP contribution in [0.15, 0.2) is 23.8 Å². The topological polar surface area (TPSA) is 9.23 Å². The molecule has 3 aliphatic rings. The standard InChI is InChI=1S/C23H33F5O/c1-2-16-3-5-17(6-4-16)18-7-9-19(10-8-18)20-11-13-21(14-12-20)29-23(27,28)22(25,26)15-24/h11-13,16-19,21H,2-10,14-15H2,1H3/t16-,17-,18?,19?,21?. The molecule has 3 aliphatic carbocycles. The first kappa shape index (κ1) is 22.8. The Morgan fingerprint density at radius 3 is 2.00 bits per heavy atom. The van der Waals surface area contributed by atoms with E-state index in [0.29, 0.717) is 5.92 Å². The summed E-state index contributed by atoms with van der Waals surface area (Å²) >= 11 is 0. The number of hydrogen-bond donors (Lipinski definition) is 0. The molecule has 0 radical (unpaired) electrons. The molecule has 0 aromatic carbocycles. The van der Waals surface area contributed by atoms with Crippen molar-refractivity contribution >= 4 is 0 Å². The zero-order chi connectivity index (χ0) is 21.1. The Balaban J connectivity index is 1.45. The molecule has 1 nitrogen and oxygen atoms in total. The van der Waals surface area contributed by atoms with E-state index < -0.39 is 24.8 Å². The molecule has 1 unspecified atom stereocenters. The van der Waals surface area contributed by atoms with Crippen LogP contribution < -0.4 is 0 Å². The highest BCUT2D eigenvalue weighted by Gasteiger charge is 2.59. The van der Waals surface area contributed by atoms with Crippen molar-refractivity contribution in [1.82, 2.24) is 0 Å². The van der Waals surface area contributed by atoms with Crippen LogP contribution in [-0.2, 0) is 4.74 Å². The summed E-state index contributed by atoms with van der Waals surface area (Å²) in [6, 6.07) is 0. The maximum Gasteiger partial charge on any atom is 0.422 e. The zero-order valence-corrected chi connectivity index (χ0v) is 17.2. The van der Waals surface area contributed by atoms with Gasteiger partial charge in [0.15, 0.2) is 6.67 Å². The number of hydrogen-bond acceptors (Lipinski definition) is 1. The van der Waals surface area contributed by atoms with Crippen molar-refractivity contribution < 1.29 is 26.7 Å². The Bertz CT molecular complexity index is 584. The molecule has 0 aliphatic heterocycles. The Labute approximate surface area is 170 Å². The number of allylic oxidation sites excluding steroid dienone is 2. The van der Waals surface area contributed by atoms with E-state index in [-0.39, 0.29) is 6.42 Å². The smallest absolute Gasteiger partial charge is 0.308 e. The molecule has 0 heterocycles. The summed E-state index contributed by atoms with van der Waals surface area (Å²) in [6.45, 7) is -0.161. The minimum atomic E-state index is -4.81. The lowest BCUT2D eigenvalue weighted by Crippen LogP contribution is -2.46. The highest BCUT2D eigenvalue weighted by Crippen LogP contribution is 2.44. The van der Waals surface area contributed by atoms with Gasteiger partial charge < -0.3 is 4.74 Å². The predicted octanol–water partition coefficient (Wildman–Crippen LogP) is 7.48. The average molecular weight is 421 g/mol. The molecule has 0 aromatic heterocycles. The van der Waals surface area contributed by atoms with Gasteiger partial charge in [0.2, 0.25) is 0 Å². The average Bonchev–Trinajstić information content (AvgIpc) is 2.74. The Kier molecular flexibility index (Phi) is 7.45. The summed E-state index contributed by atoms with van der Waals surface area (Å²) in [5.74, 6) is -1.84. The van der Waals surface area contributed by atoms with Gasteiger partial charge in [0.05, 0.1) is 6.10 Å². The van der Waals surface area contributed by atoms with E-state index >= 15 is 0 Å². The third kappa shape index (κ3) is 5.42. The molecule has 1 atom stereocenters. The van der Waals surface area contributed by atoms with Crippen molar-refractivity contribution in [2.24, 2.45) is 23.7 Å². The second-order valence-corrected chi connectivity index (χ2v) is 9.11. The second-order valence-electron chi connectivity index (χ2n) is 9.11. The van der Waals surface area contributed by atoms with Gasteiger partial charge in [-0.3, -0.25) is 0 Å². The fourth-order valence-corrected chi connectivity index (χ4v) is 5.35. The lowest BCUT2D eigenvalue weighted by Gasteiger charge is -2.38. The van der Waals surface area contributed by atoms with Gasteiger partial charge in [-0.05, 0) is 74.2 Å². The number of ether oxygens (including phenoxy) is 1. The van der Waals surface area contributed by atoms with Crippen LogP contribution in [0.2, 0.25) is 0 Å². The zero-order valence-electron chi connectivity index (χ0n) is 17.2. The largest absolute Gasteiger partial charge is 0.422 e. The molecule has 2 saturated carbocycles. The molecule has 0 amide bonds. The SMILES string of the molecule is CC[C@H]1CC[C@H](C2CCC(C3=CCC(OC(F)(F)C(F)(F)CF)C=C3)CC2)CC1. The number of rotatable bonds is 7. The summed E-state index contributed by atoms with van der Waals surface area (Å²) < 4.78 is 69.3. The van der Waals surface area contributed by atoms with Gasteiger partial charge in [0.25, 0.3) is 0 Å². The van der Waals surface area contributed by atoms with Crippen molar-refractivity contribution in [3.8, 4) is 0 Å². The van der Waals surface area contributed by atoms with Crippen LogP contribution in [0.4, 0.5) is 22.0 Å². The molecule has 0 N–H and O–H groups in total. The van der Waals surface area contributed by atoms with Gasteiger partial charge in [-0.1, -0.05) is 44.4 Å². The Morgan fingerprint density at radius 1 is 0.931 bits per heavy atom. The third-order valence-corrected chi connectivity index (χ3v) is 7.36. The predicted molar refractivity (Wildman–Crippen MR) is 104 cm³/mol. The van der Waals surface area contributed by atoms with Crippen LogP contribution in [0, 0.1) is 23.7 Å². The van der Waals surface area contributed by atoms with Gasteiger partial charge >= 0.3 is 12.0 Å². The summed E-state index contributed by atoms with van der Waals surface area (Å²) in [6.07, 6.45) is 10.4. The van der Waals surface area contributed by atoms with Crippen LogP contribution in [0.1, 0.15) is 71.1 Å². The first-order chi connectivity index (χ1) is 13.8. The lowest BCUT2D eigenvalue weighted by molar-refractivity contribution is -0.358. The fraction of sp³-hybridized carbons (Fsp3) is 0.826. The van der Waals surface area contributed by atoms with Gasteiger partial charge in [0.1, 0.15) is 0 Å². The number of alkyl halides is 5. The highest BCUT2D eigenvalue weighted by atomic mass is 19.3. The minimum Gasteiger partial charge on any atom is -0.308 e. The third-order valence-electron chi connectivity index (χ3n) is 7.36. The summed E-state index contributed by atoms with van der Waals surface area (Å²) in [5, 5.41) is 0. The van der Waals surface area contributed by atoms with E-state index in [0.717, 1.165) is 36.2 Å². The van der Waals surface area contributed by atoms with Gasteiger partial charge in [-0.15, -0.1) is 0 Å². The summed E-state index contributed by atoms with van der Waals surface area (Å²) in [5.41, 5.74) is 1.10. The quantitative estimate of drug-likeness (QED) is 0.388.